The zero-order valence-corrected chi connectivity index (χ0v) is 17.4. The van der Waals surface area contributed by atoms with Crippen LogP contribution in [0.1, 0.15) is 62.5 Å². The second-order valence-corrected chi connectivity index (χ2v) is 7.52. The summed E-state index contributed by atoms with van der Waals surface area (Å²) in [6, 6.07) is 18.8. The van der Waals surface area contributed by atoms with E-state index in [1.807, 2.05) is 24.3 Å². The van der Waals surface area contributed by atoms with Crippen LogP contribution in [0.4, 0.5) is 0 Å². The van der Waals surface area contributed by atoms with Crippen LogP contribution < -0.4 is 10.1 Å². The van der Waals surface area contributed by atoms with Gasteiger partial charge in [0.1, 0.15) is 5.75 Å². The van der Waals surface area contributed by atoms with Crippen LogP contribution in [0.3, 0.4) is 0 Å². The lowest BCUT2D eigenvalue weighted by Crippen LogP contribution is -2.17. The normalized spacial score (nSPS) is 10.8. The first-order valence-corrected chi connectivity index (χ1v) is 10.9. The van der Waals surface area contributed by atoms with E-state index in [1.165, 1.54) is 50.5 Å². The molecule has 4 nitrogen and oxygen atoms in total. The predicted molar refractivity (Wildman–Crippen MR) is 118 cm³/mol. The second-order valence-electron chi connectivity index (χ2n) is 7.52. The minimum atomic E-state index is -0.774. The van der Waals surface area contributed by atoms with Gasteiger partial charge in [-0.1, -0.05) is 74.6 Å². The third-order valence-electron chi connectivity index (χ3n) is 4.99. The highest BCUT2D eigenvalue weighted by atomic mass is 16.5. The molecule has 0 saturated heterocycles. The van der Waals surface area contributed by atoms with E-state index in [-0.39, 0.29) is 6.42 Å². The Morgan fingerprint density at radius 2 is 1.45 bits per heavy atom. The summed E-state index contributed by atoms with van der Waals surface area (Å²) < 4.78 is 5.81. The fourth-order valence-electron chi connectivity index (χ4n) is 3.28. The van der Waals surface area contributed by atoms with Gasteiger partial charge in [0.05, 0.1) is 13.0 Å². The maximum Gasteiger partial charge on any atom is 0.304 e. The summed E-state index contributed by atoms with van der Waals surface area (Å²) in [5.74, 6) is 0.129. The molecule has 0 spiro atoms. The summed E-state index contributed by atoms with van der Waals surface area (Å²) in [4.78, 5) is 10.5. The number of carboxylic acids is 1. The van der Waals surface area contributed by atoms with E-state index in [0.717, 1.165) is 24.3 Å². The second kappa shape index (κ2) is 14.6. The molecule has 2 N–H and O–H groups in total. The number of rotatable bonds is 16. The van der Waals surface area contributed by atoms with Gasteiger partial charge in [0.25, 0.3) is 0 Å². The van der Waals surface area contributed by atoms with Crippen molar-refractivity contribution in [2.75, 3.05) is 13.2 Å². The summed E-state index contributed by atoms with van der Waals surface area (Å²) >= 11 is 0. The molecule has 0 aliphatic heterocycles. The standard InChI is InChI=1S/C25H35NO3/c27-25(28)18-19-26-21-23-14-16-24(17-15-23)29-20-10-5-3-1-2-4-7-11-22-12-8-6-9-13-22/h6,8-9,12-17,26H,1-5,7,10-11,18-21H2,(H,27,28). The van der Waals surface area contributed by atoms with Crippen molar-refractivity contribution < 1.29 is 14.6 Å². The molecule has 0 amide bonds. The van der Waals surface area contributed by atoms with Crippen molar-refractivity contribution in [1.29, 1.82) is 0 Å². The van der Waals surface area contributed by atoms with Crippen LogP contribution in [-0.2, 0) is 17.8 Å². The van der Waals surface area contributed by atoms with Gasteiger partial charge in [-0.05, 0) is 42.5 Å². The topological polar surface area (TPSA) is 58.6 Å². The molecule has 2 aromatic rings. The average Bonchev–Trinajstić information content (AvgIpc) is 2.74. The maximum absolute atomic E-state index is 10.5. The van der Waals surface area contributed by atoms with Crippen LogP contribution in [0, 0.1) is 0 Å². The molecule has 0 heterocycles. The number of hydrogen-bond donors (Lipinski definition) is 2. The Bertz CT molecular complexity index is 670. The van der Waals surface area contributed by atoms with E-state index in [2.05, 4.69) is 35.6 Å². The van der Waals surface area contributed by atoms with Crippen molar-refractivity contribution in [2.45, 2.75) is 64.3 Å². The number of aliphatic carboxylic acids is 1. The lowest BCUT2D eigenvalue weighted by molar-refractivity contribution is -0.136. The van der Waals surface area contributed by atoms with Crippen LogP contribution in [0.15, 0.2) is 54.6 Å². The van der Waals surface area contributed by atoms with Crippen molar-refractivity contribution in [2.24, 2.45) is 0 Å². The number of nitrogens with one attached hydrogen (secondary N) is 1. The van der Waals surface area contributed by atoms with Gasteiger partial charge in [0.15, 0.2) is 0 Å². The molecule has 0 atom stereocenters. The Kier molecular flexibility index (Phi) is 11.6. The van der Waals surface area contributed by atoms with E-state index >= 15 is 0 Å². The minimum absolute atomic E-state index is 0.148. The molecule has 2 aromatic carbocycles. The first kappa shape index (κ1) is 23.0. The molecule has 0 unspecified atom stereocenters. The Hall–Kier alpha value is -2.33. The van der Waals surface area contributed by atoms with Gasteiger partial charge in [-0.25, -0.2) is 0 Å². The van der Waals surface area contributed by atoms with E-state index in [9.17, 15) is 4.79 Å². The summed E-state index contributed by atoms with van der Waals surface area (Å²) in [5, 5.41) is 11.7. The largest absolute Gasteiger partial charge is 0.494 e. The predicted octanol–water partition coefficient (Wildman–Crippen LogP) is 5.60. The molecule has 29 heavy (non-hydrogen) atoms. The fraction of sp³-hybridized carbons (Fsp3) is 0.480. The molecule has 4 heteroatoms. The van der Waals surface area contributed by atoms with Gasteiger partial charge in [0.2, 0.25) is 0 Å². The van der Waals surface area contributed by atoms with Gasteiger partial charge in [-0.15, -0.1) is 0 Å². The molecule has 0 fully saturated rings. The number of benzene rings is 2. The highest BCUT2D eigenvalue weighted by Gasteiger charge is 1.99. The summed E-state index contributed by atoms with van der Waals surface area (Å²) in [5.41, 5.74) is 2.59. The average molecular weight is 398 g/mol. The highest BCUT2D eigenvalue weighted by molar-refractivity contribution is 5.66. The van der Waals surface area contributed by atoms with Crippen molar-refractivity contribution in [3.63, 3.8) is 0 Å². The third kappa shape index (κ3) is 11.3. The van der Waals surface area contributed by atoms with E-state index in [4.69, 9.17) is 9.84 Å². The van der Waals surface area contributed by atoms with E-state index in [0.29, 0.717) is 13.1 Å². The molecule has 0 aliphatic rings. The first-order valence-electron chi connectivity index (χ1n) is 10.9. The molecule has 0 aliphatic carbocycles. The van der Waals surface area contributed by atoms with E-state index in [1.54, 1.807) is 0 Å². The number of aryl methyl sites for hydroxylation is 1. The van der Waals surface area contributed by atoms with Gasteiger partial charge in [-0.3, -0.25) is 4.79 Å². The SMILES string of the molecule is O=C(O)CCNCc1ccc(OCCCCCCCCCc2ccccc2)cc1. The number of carboxylic acid groups (broad SMARTS) is 1. The number of hydrogen-bond acceptors (Lipinski definition) is 3. The number of ether oxygens (including phenoxy) is 1. The van der Waals surface area contributed by atoms with Gasteiger partial charge in [-0.2, -0.15) is 0 Å². The summed E-state index contributed by atoms with van der Waals surface area (Å²) in [7, 11) is 0. The Morgan fingerprint density at radius 1 is 0.793 bits per heavy atom. The minimum Gasteiger partial charge on any atom is -0.494 e. The third-order valence-corrected chi connectivity index (χ3v) is 4.99. The van der Waals surface area contributed by atoms with Crippen molar-refractivity contribution >= 4 is 5.97 Å². The smallest absolute Gasteiger partial charge is 0.304 e. The van der Waals surface area contributed by atoms with Crippen LogP contribution in [0.25, 0.3) is 0 Å². The Labute approximate surface area is 175 Å². The van der Waals surface area contributed by atoms with Gasteiger partial charge < -0.3 is 15.2 Å². The van der Waals surface area contributed by atoms with Crippen molar-refractivity contribution in [3.8, 4) is 5.75 Å². The summed E-state index contributed by atoms with van der Waals surface area (Å²) in [6.07, 6.45) is 10.2. The highest BCUT2D eigenvalue weighted by Crippen LogP contribution is 2.14. The molecular formula is C25H35NO3. The monoisotopic (exact) mass is 397 g/mol. The number of carbonyl (C=O) groups is 1. The van der Waals surface area contributed by atoms with Crippen molar-refractivity contribution in [3.05, 3.63) is 65.7 Å². The molecule has 2 rings (SSSR count). The Morgan fingerprint density at radius 3 is 2.14 bits per heavy atom. The van der Waals surface area contributed by atoms with Crippen LogP contribution in [0.2, 0.25) is 0 Å². The van der Waals surface area contributed by atoms with Gasteiger partial charge in [0, 0.05) is 13.1 Å². The molecule has 0 saturated carbocycles. The zero-order chi connectivity index (χ0) is 20.6. The molecule has 0 bridgehead atoms. The fourth-order valence-corrected chi connectivity index (χ4v) is 3.28. The van der Waals surface area contributed by atoms with Crippen LogP contribution >= 0.6 is 0 Å². The van der Waals surface area contributed by atoms with Gasteiger partial charge >= 0.3 is 5.97 Å². The Balaban J connectivity index is 1.41. The zero-order valence-electron chi connectivity index (χ0n) is 17.4. The van der Waals surface area contributed by atoms with Crippen LogP contribution in [0.5, 0.6) is 5.75 Å². The lowest BCUT2D eigenvalue weighted by Gasteiger charge is -2.08. The summed E-state index contributed by atoms with van der Waals surface area (Å²) in [6.45, 7) is 1.93. The quantitative estimate of drug-likeness (QED) is 0.362. The molecule has 0 aromatic heterocycles. The maximum atomic E-state index is 10.5. The molecule has 0 radical (unpaired) electrons. The van der Waals surface area contributed by atoms with Crippen molar-refractivity contribution in [1.82, 2.24) is 5.32 Å². The lowest BCUT2D eigenvalue weighted by atomic mass is 10.0. The number of unbranched alkanes of at least 4 members (excludes halogenated alkanes) is 6. The van der Waals surface area contributed by atoms with Crippen LogP contribution in [-0.4, -0.2) is 24.2 Å². The van der Waals surface area contributed by atoms with E-state index < -0.39 is 5.97 Å². The first-order chi connectivity index (χ1) is 14.2. The molecular weight excluding hydrogens is 362 g/mol. The molecule has 158 valence electrons.